The van der Waals surface area contributed by atoms with Gasteiger partial charge in [0.05, 0.1) is 10.8 Å². The Morgan fingerprint density at radius 2 is 1.79 bits per heavy atom. The third-order valence-corrected chi connectivity index (χ3v) is 6.17. The lowest BCUT2D eigenvalue weighted by Gasteiger charge is -2.18. The second kappa shape index (κ2) is 6.03. The number of nitrogens with zero attached hydrogens (tertiary/aromatic N) is 1. The van der Waals surface area contributed by atoms with Gasteiger partial charge in [0.1, 0.15) is 0 Å². The fourth-order valence-corrected chi connectivity index (χ4v) is 3.97. The quantitative estimate of drug-likeness (QED) is 0.927. The van der Waals surface area contributed by atoms with Crippen LogP contribution in [0.4, 0.5) is 5.69 Å². The summed E-state index contributed by atoms with van der Waals surface area (Å²) in [7, 11) is -2.05. The van der Waals surface area contributed by atoms with E-state index < -0.39 is 10.0 Å². The highest BCUT2D eigenvalue weighted by Crippen LogP contribution is 2.34. The van der Waals surface area contributed by atoms with Gasteiger partial charge < -0.3 is 5.32 Å². The zero-order chi connectivity index (χ0) is 17.5. The van der Waals surface area contributed by atoms with Crippen LogP contribution in [-0.2, 0) is 21.4 Å². The number of benzene rings is 2. The van der Waals surface area contributed by atoms with Crippen LogP contribution >= 0.6 is 0 Å². The molecule has 0 aromatic heterocycles. The number of amides is 1. The Labute approximate surface area is 142 Å². The minimum atomic E-state index is -3.62. The first-order chi connectivity index (χ1) is 11.3. The minimum Gasteiger partial charge on any atom is -0.325 e. The Hall–Kier alpha value is -2.18. The van der Waals surface area contributed by atoms with E-state index >= 15 is 0 Å². The summed E-state index contributed by atoms with van der Waals surface area (Å²) in [6.45, 7) is 4.06. The second-order valence-electron chi connectivity index (χ2n) is 6.21. The van der Waals surface area contributed by atoms with Gasteiger partial charge >= 0.3 is 0 Å². The normalized spacial score (nSPS) is 17.0. The number of carbonyl (C=O) groups is 1. The molecule has 1 aliphatic heterocycles. The fourth-order valence-electron chi connectivity index (χ4n) is 2.77. The van der Waals surface area contributed by atoms with Crippen molar-refractivity contribution in [2.45, 2.75) is 31.2 Å². The number of nitrogens with one attached hydrogen (secondary N) is 1. The van der Waals surface area contributed by atoms with Gasteiger partial charge in [-0.15, -0.1) is 0 Å². The van der Waals surface area contributed by atoms with Gasteiger partial charge in [-0.2, -0.15) is 4.31 Å². The molecule has 1 aliphatic rings. The Morgan fingerprint density at radius 1 is 1.12 bits per heavy atom. The maximum atomic E-state index is 12.8. The van der Waals surface area contributed by atoms with Crippen LogP contribution in [0.3, 0.4) is 0 Å². The Morgan fingerprint density at radius 3 is 2.46 bits per heavy atom. The van der Waals surface area contributed by atoms with E-state index in [4.69, 9.17) is 0 Å². The maximum absolute atomic E-state index is 12.8. The number of hydrogen-bond donors (Lipinski definition) is 1. The summed E-state index contributed by atoms with van der Waals surface area (Å²) < 4.78 is 27.0. The summed E-state index contributed by atoms with van der Waals surface area (Å²) in [5.74, 6) is -0.440. The number of aryl methyl sites for hydroxylation is 1. The molecule has 24 heavy (non-hydrogen) atoms. The smallest absolute Gasteiger partial charge is 0.243 e. The van der Waals surface area contributed by atoms with Crippen molar-refractivity contribution < 1.29 is 13.2 Å². The van der Waals surface area contributed by atoms with Crippen LogP contribution in [0.1, 0.15) is 29.5 Å². The molecule has 1 heterocycles. The first-order valence-corrected chi connectivity index (χ1v) is 9.20. The average molecular weight is 344 g/mol. The summed E-state index contributed by atoms with van der Waals surface area (Å²) in [5.41, 5.74) is 3.48. The Kier molecular flexibility index (Phi) is 4.19. The summed E-state index contributed by atoms with van der Waals surface area (Å²) in [5, 5.41) is 2.75. The number of sulfonamides is 1. The Bertz CT molecular complexity index is 889. The molecule has 0 fully saturated rings. The Balaban J connectivity index is 1.88. The number of rotatable bonds is 4. The van der Waals surface area contributed by atoms with E-state index in [-0.39, 0.29) is 16.7 Å². The van der Waals surface area contributed by atoms with Gasteiger partial charge in [0.2, 0.25) is 15.9 Å². The van der Waals surface area contributed by atoms with E-state index in [1.807, 2.05) is 31.2 Å². The van der Waals surface area contributed by atoms with Crippen LogP contribution in [0.15, 0.2) is 47.4 Å². The maximum Gasteiger partial charge on any atom is 0.243 e. The number of anilines is 1. The van der Waals surface area contributed by atoms with E-state index in [0.29, 0.717) is 12.2 Å². The molecule has 0 unspecified atom stereocenters. The monoisotopic (exact) mass is 344 g/mol. The molecule has 0 aliphatic carbocycles. The van der Waals surface area contributed by atoms with E-state index in [2.05, 4.69) is 5.32 Å². The molecule has 0 saturated heterocycles. The van der Waals surface area contributed by atoms with Crippen LogP contribution in [0.25, 0.3) is 0 Å². The molecule has 0 saturated carbocycles. The van der Waals surface area contributed by atoms with E-state index in [1.165, 1.54) is 10.4 Å². The average Bonchev–Trinajstić information content (AvgIpc) is 2.84. The zero-order valence-electron chi connectivity index (χ0n) is 13.9. The fraction of sp³-hybridized carbons (Fsp3) is 0.278. The molecule has 126 valence electrons. The van der Waals surface area contributed by atoms with Gasteiger partial charge in [-0.25, -0.2) is 8.42 Å². The van der Waals surface area contributed by atoms with Crippen molar-refractivity contribution in [1.29, 1.82) is 0 Å². The van der Waals surface area contributed by atoms with Crippen LogP contribution in [0, 0.1) is 6.92 Å². The third-order valence-electron chi connectivity index (χ3n) is 4.37. The number of carbonyl (C=O) groups excluding carboxylic acids is 1. The molecular weight excluding hydrogens is 324 g/mol. The first-order valence-electron chi connectivity index (χ1n) is 7.76. The van der Waals surface area contributed by atoms with Crippen LogP contribution in [-0.4, -0.2) is 25.7 Å². The molecule has 0 bridgehead atoms. The molecule has 1 amide bonds. The second-order valence-corrected chi connectivity index (χ2v) is 8.25. The zero-order valence-corrected chi connectivity index (χ0v) is 14.7. The predicted molar refractivity (Wildman–Crippen MR) is 93.3 cm³/mol. The van der Waals surface area contributed by atoms with E-state index in [1.54, 1.807) is 26.1 Å². The number of fused-ring (bicyclic) bond motifs is 1. The van der Waals surface area contributed by atoms with Crippen LogP contribution < -0.4 is 5.32 Å². The highest BCUT2D eigenvalue weighted by molar-refractivity contribution is 7.89. The summed E-state index contributed by atoms with van der Waals surface area (Å²) in [6.07, 6.45) is 0. The van der Waals surface area contributed by atoms with Crippen molar-refractivity contribution >= 4 is 21.6 Å². The van der Waals surface area contributed by atoms with Gasteiger partial charge in [-0.1, -0.05) is 29.8 Å². The minimum absolute atomic E-state index is 0.104. The van der Waals surface area contributed by atoms with Crippen LogP contribution in [0.5, 0.6) is 0 Å². The number of hydrogen-bond acceptors (Lipinski definition) is 3. The summed E-state index contributed by atoms with van der Waals surface area (Å²) in [6, 6.07) is 12.6. The molecule has 2 aromatic carbocycles. The lowest BCUT2D eigenvalue weighted by Crippen LogP contribution is -2.26. The van der Waals surface area contributed by atoms with Gasteiger partial charge in [0.25, 0.3) is 0 Å². The van der Waals surface area contributed by atoms with E-state index in [9.17, 15) is 13.2 Å². The summed E-state index contributed by atoms with van der Waals surface area (Å²) in [4.78, 5) is 11.9. The van der Waals surface area contributed by atoms with Crippen molar-refractivity contribution in [3.63, 3.8) is 0 Å². The molecule has 0 radical (unpaired) electrons. The first kappa shape index (κ1) is 16.7. The van der Waals surface area contributed by atoms with Gasteiger partial charge in [0.15, 0.2) is 0 Å². The summed E-state index contributed by atoms with van der Waals surface area (Å²) >= 11 is 0. The van der Waals surface area contributed by atoms with Crippen molar-refractivity contribution in [2.75, 3.05) is 12.4 Å². The molecule has 6 heteroatoms. The molecule has 2 aromatic rings. The van der Waals surface area contributed by atoms with Gasteiger partial charge in [0, 0.05) is 19.3 Å². The largest absolute Gasteiger partial charge is 0.325 e. The lowest BCUT2D eigenvalue weighted by atomic mass is 10.0. The SMILES string of the molecule is Cc1ccc(CN(C)S(=O)(=O)c2ccc3c(c2)[C@H](C)C(=O)N3)cc1. The molecule has 1 N–H and O–H groups in total. The van der Waals surface area contributed by atoms with Crippen molar-refractivity contribution in [3.05, 3.63) is 59.2 Å². The van der Waals surface area contributed by atoms with Crippen molar-refractivity contribution in [3.8, 4) is 0 Å². The van der Waals surface area contributed by atoms with Crippen molar-refractivity contribution in [1.82, 2.24) is 4.31 Å². The predicted octanol–water partition coefficient (Wildman–Crippen LogP) is 2.87. The van der Waals surface area contributed by atoms with Crippen LogP contribution in [0.2, 0.25) is 0 Å². The highest BCUT2D eigenvalue weighted by atomic mass is 32.2. The standard InChI is InChI=1S/C18H20N2O3S/c1-12-4-6-14(7-5-12)11-20(3)24(22,23)15-8-9-17-16(10-15)13(2)18(21)19-17/h4-10,13H,11H2,1-3H3,(H,19,21)/t13-/m0/s1. The molecule has 3 rings (SSSR count). The van der Waals surface area contributed by atoms with E-state index in [0.717, 1.165) is 16.7 Å². The molecule has 0 spiro atoms. The van der Waals surface area contributed by atoms with Gasteiger partial charge in [-0.05, 0) is 43.2 Å². The van der Waals surface area contributed by atoms with Gasteiger partial charge in [-0.3, -0.25) is 4.79 Å². The molecular formula is C18H20N2O3S. The lowest BCUT2D eigenvalue weighted by molar-refractivity contribution is -0.116. The molecule has 1 atom stereocenters. The third kappa shape index (κ3) is 2.95. The van der Waals surface area contributed by atoms with Crippen molar-refractivity contribution in [2.24, 2.45) is 0 Å². The topological polar surface area (TPSA) is 66.5 Å². The molecule has 5 nitrogen and oxygen atoms in total. The highest BCUT2D eigenvalue weighted by Gasteiger charge is 2.29.